The molecule has 3 rings (SSSR count). The number of hydrogen-bond acceptors (Lipinski definition) is 6. The number of halogens is 2. The van der Waals surface area contributed by atoms with Crippen molar-refractivity contribution in [3.63, 3.8) is 0 Å². The number of carbonyl (C=O) groups excluding carboxylic acids is 1. The van der Waals surface area contributed by atoms with E-state index in [1.165, 1.54) is 16.4 Å². The van der Waals surface area contributed by atoms with Crippen LogP contribution in [0.3, 0.4) is 0 Å². The topological polar surface area (TPSA) is 95.1 Å². The van der Waals surface area contributed by atoms with Gasteiger partial charge in [0.1, 0.15) is 5.75 Å². The molecule has 2 aromatic carbocycles. The van der Waals surface area contributed by atoms with Crippen LogP contribution in [0.15, 0.2) is 47.6 Å². The maximum Gasteiger partial charge on any atom is 0.234 e. The Kier molecular flexibility index (Phi) is 7.84. The average Bonchev–Trinajstić information content (AvgIpc) is 3.08. The third kappa shape index (κ3) is 5.81. The zero-order chi connectivity index (χ0) is 21.5. The van der Waals surface area contributed by atoms with Crippen molar-refractivity contribution in [3.8, 4) is 17.1 Å². The van der Waals surface area contributed by atoms with Gasteiger partial charge in [0, 0.05) is 16.3 Å². The Morgan fingerprint density at radius 2 is 1.97 bits per heavy atom. The summed E-state index contributed by atoms with van der Waals surface area (Å²) in [6, 6.07) is 12.3. The molecule has 7 nitrogen and oxygen atoms in total. The van der Waals surface area contributed by atoms with E-state index in [1.54, 1.807) is 30.3 Å². The van der Waals surface area contributed by atoms with Crippen molar-refractivity contribution in [1.29, 1.82) is 0 Å². The van der Waals surface area contributed by atoms with Crippen LogP contribution in [0.1, 0.15) is 19.8 Å². The van der Waals surface area contributed by atoms with Gasteiger partial charge in [0.25, 0.3) is 0 Å². The van der Waals surface area contributed by atoms with E-state index in [2.05, 4.69) is 22.4 Å². The smallest absolute Gasteiger partial charge is 0.234 e. The molecule has 30 heavy (non-hydrogen) atoms. The summed E-state index contributed by atoms with van der Waals surface area (Å²) in [5.74, 6) is 7.18. The molecular weight excluding hydrogens is 445 g/mol. The molecule has 1 heterocycles. The van der Waals surface area contributed by atoms with Crippen LogP contribution in [0.5, 0.6) is 5.75 Å². The molecule has 0 aliphatic carbocycles. The number of rotatable bonds is 9. The van der Waals surface area contributed by atoms with Gasteiger partial charge < -0.3 is 15.9 Å². The van der Waals surface area contributed by atoms with E-state index in [-0.39, 0.29) is 11.7 Å². The number of aromatic nitrogens is 3. The maximum absolute atomic E-state index is 12.3. The van der Waals surface area contributed by atoms with Crippen LogP contribution in [0, 0.1) is 0 Å². The summed E-state index contributed by atoms with van der Waals surface area (Å²) in [4.78, 5) is 12.3. The molecule has 0 unspecified atom stereocenters. The molecule has 0 bridgehead atoms. The molecular formula is C20H21Cl2N5O2S. The van der Waals surface area contributed by atoms with Crippen molar-refractivity contribution < 1.29 is 9.53 Å². The molecule has 0 saturated heterocycles. The largest absolute Gasteiger partial charge is 0.494 e. The Morgan fingerprint density at radius 3 is 2.67 bits per heavy atom. The minimum absolute atomic E-state index is 0.123. The molecule has 0 saturated carbocycles. The summed E-state index contributed by atoms with van der Waals surface area (Å²) >= 11 is 13.3. The third-order valence-electron chi connectivity index (χ3n) is 4.07. The Bertz CT molecular complexity index is 1010. The van der Waals surface area contributed by atoms with E-state index in [0.29, 0.717) is 38.9 Å². The van der Waals surface area contributed by atoms with Crippen LogP contribution < -0.4 is 15.9 Å². The van der Waals surface area contributed by atoms with E-state index in [1.807, 2.05) is 12.1 Å². The highest BCUT2D eigenvalue weighted by molar-refractivity contribution is 7.99. The standard InChI is InChI=1S/C20H21Cl2N5O2S/c1-2-3-10-29-15-7-5-14(6-8-15)24-18(28)12-30-20-26-25-19(27(20)23)16-9-4-13(21)11-17(16)22/h4-9,11H,2-3,10,12,23H2,1H3,(H,24,28). The van der Waals surface area contributed by atoms with Crippen molar-refractivity contribution in [3.05, 3.63) is 52.5 Å². The Balaban J connectivity index is 1.55. The highest BCUT2D eigenvalue weighted by Crippen LogP contribution is 2.30. The van der Waals surface area contributed by atoms with Gasteiger partial charge in [-0.05, 0) is 48.9 Å². The number of unbranched alkanes of at least 4 members (excludes halogenated alkanes) is 1. The molecule has 0 aliphatic heterocycles. The van der Waals surface area contributed by atoms with Crippen LogP contribution in [0.2, 0.25) is 10.0 Å². The van der Waals surface area contributed by atoms with Gasteiger partial charge in [-0.1, -0.05) is 48.3 Å². The van der Waals surface area contributed by atoms with Crippen LogP contribution >= 0.6 is 35.0 Å². The molecule has 0 aliphatic rings. The number of amides is 1. The molecule has 0 radical (unpaired) electrons. The highest BCUT2D eigenvalue weighted by atomic mass is 35.5. The number of thioether (sulfide) groups is 1. The molecule has 1 aromatic heterocycles. The van der Waals surface area contributed by atoms with Crippen LogP contribution in [-0.2, 0) is 4.79 Å². The first kappa shape index (κ1) is 22.3. The number of anilines is 1. The lowest BCUT2D eigenvalue weighted by Gasteiger charge is -2.08. The second-order valence-corrected chi connectivity index (χ2v) is 8.15. The number of ether oxygens (including phenoxy) is 1. The van der Waals surface area contributed by atoms with E-state index in [4.69, 9.17) is 33.8 Å². The summed E-state index contributed by atoms with van der Waals surface area (Å²) < 4.78 is 6.91. The summed E-state index contributed by atoms with van der Waals surface area (Å²) in [5.41, 5.74) is 1.29. The second-order valence-electron chi connectivity index (χ2n) is 6.36. The summed E-state index contributed by atoms with van der Waals surface area (Å²) in [6.45, 7) is 2.79. The lowest BCUT2D eigenvalue weighted by atomic mass is 10.2. The number of nitrogens with zero attached hydrogens (tertiary/aromatic N) is 3. The first-order chi connectivity index (χ1) is 14.5. The van der Waals surface area contributed by atoms with Gasteiger partial charge >= 0.3 is 0 Å². The van der Waals surface area contributed by atoms with Crippen molar-refractivity contribution in [2.45, 2.75) is 24.9 Å². The fraction of sp³-hybridized carbons (Fsp3) is 0.250. The molecule has 1 amide bonds. The minimum atomic E-state index is -0.186. The van der Waals surface area contributed by atoms with Crippen LogP contribution in [-0.4, -0.2) is 33.1 Å². The fourth-order valence-corrected chi connectivity index (χ4v) is 3.68. The van der Waals surface area contributed by atoms with Crippen LogP contribution in [0.25, 0.3) is 11.4 Å². The minimum Gasteiger partial charge on any atom is -0.494 e. The Labute approximate surface area is 188 Å². The molecule has 0 spiro atoms. The monoisotopic (exact) mass is 465 g/mol. The SMILES string of the molecule is CCCCOc1ccc(NC(=O)CSc2nnc(-c3ccc(Cl)cc3Cl)n2N)cc1. The predicted molar refractivity (Wildman–Crippen MR) is 122 cm³/mol. The Morgan fingerprint density at radius 1 is 1.20 bits per heavy atom. The molecule has 3 aromatic rings. The molecule has 10 heteroatoms. The van der Waals surface area contributed by atoms with Gasteiger partial charge in [0.15, 0.2) is 5.82 Å². The summed E-state index contributed by atoms with van der Waals surface area (Å²) in [6.07, 6.45) is 2.09. The number of nitrogens with two attached hydrogens (primary N) is 1. The zero-order valence-corrected chi connectivity index (χ0v) is 18.6. The molecule has 158 valence electrons. The third-order valence-corrected chi connectivity index (χ3v) is 5.56. The maximum atomic E-state index is 12.3. The normalized spacial score (nSPS) is 10.8. The van der Waals surface area contributed by atoms with Crippen molar-refractivity contribution in [1.82, 2.24) is 14.9 Å². The van der Waals surface area contributed by atoms with Gasteiger partial charge in [-0.25, -0.2) is 4.68 Å². The van der Waals surface area contributed by atoms with Crippen LogP contribution in [0.4, 0.5) is 5.69 Å². The number of carbonyl (C=O) groups is 1. The van der Waals surface area contributed by atoms with Gasteiger partial charge in [0.05, 0.1) is 17.4 Å². The summed E-state index contributed by atoms with van der Waals surface area (Å²) in [7, 11) is 0. The molecule has 0 fully saturated rings. The Hall–Kier alpha value is -2.42. The number of benzene rings is 2. The van der Waals surface area contributed by atoms with Crippen molar-refractivity contribution in [2.75, 3.05) is 23.5 Å². The van der Waals surface area contributed by atoms with Crippen molar-refractivity contribution in [2.24, 2.45) is 0 Å². The predicted octanol–water partition coefficient (Wildman–Crippen LogP) is 4.88. The average molecular weight is 466 g/mol. The number of hydrogen-bond donors (Lipinski definition) is 2. The quantitative estimate of drug-likeness (QED) is 0.265. The zero-order valence-electron chi connectivity index (χ0n) is 16.3. The first-order valence-corrected chi connectivity index (χ1v) is 11.0. The van der Waals surface area contributed by atoms with Gasteiger partial charge in [-0.15, -0.1) is 10.2 Å². The van der Waals surface area contributed by atoms with E-state index in [9.17, 15) is 4.79 Å². The van der Waals surface area contributed by atoms with E-state index < -0.39 is 0 Å². The van der Waals surface area contributed by atoms with Gasteiger partial charge in [-0.2, -0.15) is 0 Å². The number of nitrogen functional groups attached to an aromatic ring is 1. The molecule has 0 atom stereocenters. The van der Waals surface area contributed by atoms with Crippen molar-refractivity contribution >= 4 is 46.6 Å². The second kappa shape index (κ2) is 10.6. The number of nitrogens with one attached hydrogen (secondary N) is 1. The highest BCUT2D eigenvalue weighted by Gasteiger charge is 2.16. The summed E-state index contributed by atoms with van der Waals surface area (Å²) in [5, 5.41) is 12.3. The lowest BCUT2D eigenvalue weighted by Crippen LogP contribution is -2.16. The molecule has 3 N–H and O–H groups in total. The van der Waals surface area contributed by atoms with Gasteiger partial charge in [0.2, 0.25) is 11.1 Å². The first-order valence-electron chi connectivity index (χ1n) is 9.29. The lowest BCUT2D eigenvalue weighted by molar-refractivity contribution is -0.113. The fourth-order valence-electron chi connectivity index (χ4n) is 2.53. The van der Waals surface area contributed by atoms with E-state index in [0.717, 1.165) is 18.6 Å². The van der Waals surface area contributed by atoms with Gasteiger partial charge in [-0.3, -0.25) is 4.79 Å². The van der Waals surface area contributed by atoms with E-state index >= 15 is 0 Å².